The first kappa shape index (κ1) is 28.0. The lowest BCUT2D eigenvalue weighted by molar-refractivity contribution is -0.384. The number of nitro benzene ring substituents is 1. The van der Waals surface area contributed by atoms with Gasteiger partial charge >= 0.3 is 0 Å². The van der Waals surface area contributed by atoms with Crippen molar-refractivity contribution in [1.29, 1.82) is 0 Å². The van der Waals surface area contributed by atoms with Crippen LogP contribution in [0.5, 0.6) is 0 Å². The van der Waals surface area contributed by atoms with Crippen LogP contribution in [0, 0.1) is 15.9 Å². The quantitative estimate of drug-likeness (QED) is 0.368. The van der Waals surface area contributed by atoms with Crippen LogP contribution in [0.25, 0.3) is 0 Å². The van der Waals surface area contributed by atoms with Gasteiger partial charge in [-0.1, -0.05) is 43.5 Å². The molecular weight excluding hydrogens is 503 g/mol. The SMILES string of the molecule is CC(C(=O)NC1CCCCC1)N(Cc1ccccc1F)C(=O)CN(c1cccc([N+](=O)[O-])c1)S(C)(=O)=O. The lowest BCUT2D eigenvalue weighted by Crippen LogP contribution is -2.53. The molecule has 0 saturated heterocycles. The minimum absolute atomic E-state index is 0.0218. The maximum absolute atomic E-state index is 14.5. The fourth-order valence-electron chi connectivity index (χ4n) is 4.34. The number of benzene rings is 2. The first-order valence-corrected chi connectivity index (χ1v) is 13.9. The molecule has 1 unspecified atom stereocenters. The van der Waals surface area contributed by atoms with Crippen LogP contribution in [0.4, 0.5) is 15.8 Å². The smallest absolute Gasteiger partial charge is 0.271 e. The van der Waals surface area contributed by atoms with Crippen molar-refractivity contribution in [3.8, 4) is 0 Å². The third kappa shape index (κ3) is 7.48. The second-order valence-electron chi connectivity index (χ2n) is 9.18. The van der Waals surface area contributed by atoms with Gasteiger partial charge in [0.25, 0.3) is 5.69 Å². The van der Waals surface area contributed by atoms with Gasteiger partial charge in [-0.3, -0.25) is 24.0 Å². The molecule has 2 aromatic carbocycles. The van der Waals surface area contributed by atoms with E-state index in [-0.39, 0.29) is 29.5 Å². The number of nitrogens with one attached hydrogen (secondary N) is 1. The number of carbonyl (C=O) groups is 2. The molecule has 2 aromatic rings. The molecule has 0 aliphatic heterocycles. The van der Waals surface area contributed by atoms with E-state index in [4.69, 9.17) is 0 Å². The first-order valence-electron chi connectivity index (χ1n) is 12.0. The van der Waals surface area contributed by atoms with Gasteiger partial charge in [-0.15, -0.1) is 0 Å². The van der Waals surface area contributed by atoms with Gasteiger partial charge in [0.1, 0.15) is 18.4 Å². The largest absolute Gasteiger partial charge is 0.352 e. The summed E-state index contributed by atoms with van der Waals surface area (Å²) in [6, 6.07) is 9.66. The molecule has 1 N–H and O–H groups in total. The van der Waals surface area contributed by atoms with E-state index in [0.717, 1.165) is 53.6 Å². The molecule has 0 spiro atoms. The van der Waals surface area contributed by atoms with Gasteiger partial charge in [-0.2, -0.15) is 0 Å². The van der Waals surface area contributed by atoms with Crippen LogP contribution in [-0.2, 0) is 26.2 Å². The predicted molar refractivity (Wildman–Crippen MR) is 137 cm³/mol. The molecule has 1 fully saturated rings. The fourth-order valence-corrected chi connectivity index (χ4v) is 5.18. The second kappa shape index (κ2) is 12.1. The summed E-state index contributed by atoms with van der Waals surface area (Å²) >= 11 is 0. The Morgan fingerprint density at radius 1 is 1.14 bits per heavy atom. The Bertz CT molecular complexity index is 1250. The standard InChI is InChI=1S/C25H31FN4O6S/c1-18(25(32)27-20-10-4-3-5-11-20)28(16-19-9-6-7-14-23(19)26)24(31)17-29(37(2,35)36)21-12-8-13-22(15-21)30(33)34/h6-9,12-15,18,20H,3-5,10-11,16-17H2,1-2H3,(H,27,32). The predicted octanol–water partition coefficient (Wildman–Crippen LogP) is 3.37. The highest BCUT2D eigenvalue weighted by atomic mass is 32.2. The first-order chi connectivity index (χ1) is 17.5. The molecule has 1 saturated carbocycles. The minimum atomic E-state index is -4.05. The zero-order valence-electron chi connectivity index (χ0n) is 20.8. The van der Waals surface area contributed by atoms with Crippen LogP contribution >= 0.6 is 0 Å². The van der Waals surface area contributed by atoms with Crippen LogP contribution in [0.1, 0.15) is 44.6 Å². The number of hydrogen-bond donors (Lipinski definition) is 1. The normalized spacial score (nSPS) is 15.0. The third-order valence-corrected chi connectivity index (χ3v) is 7.57. The molecule has 1 aliphatic rings. The lowest BCUT2D eigenvalue weighted by Gasteiger charge is -2.33. The molecule has 37 heavy (non-hydrogen) atoms. The number of sulfonamides is 1. The van der Waals surface area contributed by atoms with Gasteiger partial charge in [0.15, 0.2) is 0 Å². The molecule has 0 heterocycles. The lowest BCUT2D eigenvalue weighted by atomic mass is 9.95. The fraction of sp³-hybridized carbons (Fsp3) is 0.440. The van der Waals surface area contributed by atoms with Crippen LogP contribution < -0.4 is 9.62 Å². The third-order valence-electron chi connectivity index (χ3n) is 6.43. The van der Waals surface area contributed by atoms with Crippen molar-refractivity contribution in [2.24, 2.45) is 0 Å². The Balaban J connectivity index is 1.91. The Kier molecular flexibility index (Phi) is 9.19. The van der Waals surface area contributed by atoms with Gasteiger partial charge in [0.05, 0.1) is 16.9 Å². The van der Waals surface area contributed by atoms with E-state index in [9.17, 15) is 32.5 Å². The zero-order valence-corrected chi connectivity index (χ0v) is 21.6. The number of nitrogens with zero attached hydrogens (tertiary/aromatic N) is 3. The summed E-state index contributed by atoms with van der Waals surface area (Å²) in [7, 11) is -4.05. The summed E-state index contributed by atoms with van der Waals surface area (Å²) in [6.07, 6.45) is 5.61. The number of carbonyl (C=O) groups excluding carboxylic acids is 2. The second-order valence-corrected chi connectivity index (χ2v) is 11.1. The summed E-state index contributed by atoms with van der Waals surface area (Å²) in [6.45, 7) is 0.516. The van der Waals surface area contributed by atoms with E-state index in [1.165, 1.54) is 43.3 Å². The zero-order chi connectivity index (χ0) is 27.2. The molecule has 1 aliphatic carbocycles. The molecule has 2 amide bonds. The monoisotopic (exact) mass is 534 g/mol. The van der Waals surface area contributed by atoms with Gasteiger partial charge in [-0.05, 0) is 31.9 Å². The van der Waals surface area contributed by atoms with Gasteiger partial charge in [-0.25, -0.2) is 12.8 Å². The van der Waals surface area contributed by atoms with E-state index in [0.29, 0.717) is 0 Å². The Morgan fingerprint density at radius 2 is 1.81 bits per heavy atom. The summed E-state index contributed by atoms with van der Waals surface area (Å²) in [5.41, 5.74) is -0.258. The van der Waals surface area contributed by atoms with Crippen molar-refractivity contribution >= 4 is 33.2 Å². The van der Waals surface area contributed by atoms with Gasteiger partial charge < -0.3 is 10.2 Å². The van der Waals surface area contributed by atoms with Gasteiger partial charge in [0, 0.05) is 30.3 Å². The number of halogens is 1. The van der Waals surface area contributed by atoms with Crippen molar-refractivity contribution in [2.75, 3.05) is 17.1 Å². The number of anilines is 1. The highest BCUT2D eigenvalue weighted by Crippen LogP contribution is 2.24. The van der Waals surface area contributed by atoms with Crippen LogP contribution in [-0.4, -0.2) is 54.9 Å². The van der Waals surface area contributed by atoms with E-state index in [2.05, 4.69) is 5.32 Å². The number of rotatable bonds is 10. The molecule has 12 heteroatoms. The van der Waals surface area contributed by atoms with Crippen LogP contribution in [0.15, 0.2) is 48.5 Å². The van der Waals surface area contributed by atoms with Crippen LogP contribution in [0.2, 0.25) is 0 Å². The Hall–Kier alpha value is -3.54. The molecular formula is C25H31FN4O6S. The molecule has 10 nitrogen and oxygen atoms in total. The molecule has 200 valence electrons. The van der Waals surface area contributed by atoms with Crippen molar-refractivity contribution in [3.63, 3.8) is 0 Å². The van der Waals surface area contributed by atoms with Gasteiger partial charge in [0.2, 0.25) is 21.8 Å². The average Bonchev–Trinajstić information content (AvgIpc) is 2.86. The number of nitro groups is 1. The van der Waals surface area contributed by atoms with E-state index in [1.807, 2.05) is 0 Å². The van der Waals surface area contributed by atoms with Crippen molar-refractivity contribution < 1.29 is 27.3 Å². The van der Waals surface area contributed by atoms with Crippen molar-refractivity contribution in [1.82, 2.24) is 10.2 Å². The van der Waals surface area contributed by atoms with Crippen molar-refractivity contribution in [3.05, 3.63) is 70.0 Å². The summed E-state index contributed by atoms with van der Waals surface area (Å²) in [5, 5.41) is 14.2. The van der Waals surface area contributed by atoms with E-state index < -0.39 is 45.2 Å². The molecule has 0 aromatic heterocycles. The van der Waals surface area contributed by atoms with Crippen LogP contribution in [0.3, 0.4) is 0 Å². The average molecular weight is 535 g/mol. The summed E-state index contributed by atoms with van der Waals surface area (Å²) < 4.78 is 40.4. The van der Waals surface area contributed by atoms with E-state index >= 15 is 0 Å². The maximum Gasteiger partial charge on any atom is 0.271 e. The molecule has 0 bridgehead atoms. The van der Waals surface area contributed by atoms with E-state index in [1.54, 1.807) is 6.07 Å². The Labute approximate surface area is 215 Å². The summed E-state index contributed by atoms with van der Waals surface area (Å²) in [5.74, 6) is -1.75. The number of non-ortho nitro benzene ring substituents is 1. The molecule has 3 rings (SSSR count). The number of amides is 2. The molecule has 0 radical (unpaired) electrons. The minimum Gasteiger partial charge on any atom is -0.352 e. The Morgan fingerprint density at radius 3 is 2.43 bits per heavy atom. The highest BCUT2D eigenvalue weighted by Gasteiger charge is 2.32. The topological polar surface area (TPSA) is 130 Å². The summed E-state index contributed by atoms with van der Waals surface area (Å²) in [4.78, 5) is 38.3. The highest BCUT2D eigenvalue weighted by molar-refractivity contribution is 7.92. The maximum atomic E-state index is 14.5. The van der Waals surface area contributed by atoms with Crippen molar-refractivity contribution in [2.45, 2.75) is 57.7 Å². The number of hydrogen-bond acceptors (Lipinski definition) is 6. The molecule has 1 atom stereocenters.